The first kappa shape index (κ1) is 17.1. The summed E-state index contributed by atoms with van der Waals surface area (Å²) in [4.78, 5) is 3.37. The van der Waals surface area contributed by atoms with E-state index in [0.29, 0.717) is 6.04 Å². The maximum Gasteiger partial charge on any atom is 0.0486 e. The smallest absolute Gasteiger partial charge is 0.0486 e. The van der Waals surface area contributed by atoms with E-state index >= 15 is 0 Å². The van der Waals surface area contributed by atoms with Gasteiger partial charge in [0, 0.05) is 29.7 Å². The second-order valence-electron chi connectivity index (χ2n) is 7.46. The van der Waals surface area contributed by atoms with E-state index in [1.807, 2.05) is 0 Å². The molecule has 1 unspecified atom stereocenters. The molecule has 3 aromatic rings. The molecular formula is C24H28N2. The van der Waals surface area contributed by atoms with Crippen molar-refractivity contribution < 1.29 is 0 Å². The van der Waals surface area contributed by atoms with Gasteiger partial charge in [-0.25, -0.2) is 0 Å². The van der Waals surface area contributed by atoms with Gasteiger partial charge in [0.2, 0.25) is 0 Å². The molecule has 2 N–H and O–H groups in total. The molecule has 4 rings (SSSR count). The van der Waals surface area contributed by atoms with Gasteiger partial charge in [-0.2, -0.15) is 0 Å². The Balaban J connectivity index is 1.29. The maximum absolute atomic E-state index is 3.67. The number of aromatic amines is 1. The molecule has 2 heteroatoms. The minimum atomic E-state index is 0.612. The number of benzene rings is 2. The maximum atomic E-state index is 3.67. The fourth-order valence-electron chi connectivity index (χ4n) is 4.15. The van der Waals surface area contributed by atoms with Gasteiger partial charge in [0.25, 0.3) is 0 Å². The highest BCUT2D eigenvalue weighted by molar-refractivity contribution is 5.85. The summed E-state index contributed by atoms with van der Waals surface area (Å²) in [6, 6.07) is 18.2. The molecule has 1 aliphatic heterocycles. The fraction of sp³-hybridized carbons (Fsp3) is 0.333. The monoisotopic (exact) mass is 344 g/mol. The third kappa shape index (κ3) is 3.76. The van der Waals surface area contributed by atoms with E-state index in [0.717, 1.165) is 13.0 Å². The van der Waals surface area contributed by atoms with E-state index < -0.39 is 0 Å². The lowest BCUT2D eigenvalue weighted by atomic mass is 9.92. The normalized spacial score (nSPS) is 17.4. The van der Waals surface area contributed by atoms with E-state index in [4.69, 9.17) is 0 Å². The van der Waals surface area contributed by atoms with Crippen LogP contribution >= 0.6 is 0 Å². The Morgan fingerprint density at radius 1 is 1.00 bits per heavy atom. The molecule has 1 aliphatic rings. The van der Waals surface area contributed by atoms with Crippen LogP contribution in [-0.2, 0) is 6.42 Å². The van der Waals surface area contributed by atoms with Crippen molar-refractivity contribution in [2.45, 2.75) is 45.1 Å². The summed E-state index contributed by atoms with van der Waals surface area (Å²) in [5.41, 5.74) is 7.00. The zero-order chi connectivity index (χ0) is 17.8. The highest BCUT2D eigenvalue weighted by atomic mass is 14.9. The van der Waals surface area contributed by atoms with Crippen molar-refractivity contribution in [1.82, 2.24) is 10.3 Å². The van der Waals surface area contributed by atoms with Crippen LogP contribution in [0.2, 0.25) is 0 Å². The van der Waals surface area contributed by atoms with Crippen molar-refractivity contribution >= 4 is 16.5 Å². The molecule has 0 radical (unpaired) electrons. The Bertz CT molecular complexity index is 889. The van der Waals surface area contributed by atoms with Crippen LogP contribution in [0.25, 0.3) is 16.5 Å². The summed E-state index contributed by atoms with van der Waals surface area (Å²) >= 11 is 0. The number of nitrogens with one attached hydrogen (secondary N) is 2. The number of hydrogen-bond acceptors (Lipinski definition) is 1. The summed E-state index contributed by atoms with van der Waals surface area (Å²) in [5.74, 6) is 0. The molecule has 0 bridgehead atoms. The third-order valence-corrected chi connectivity index (χ3v) is 5.64. The lowest BCUT2D eigenvalue weighted by Gasteiger charge is -2.24. The van der Waals surface area contributed by atoms with Crippen LogP contribution in [0.3, 0.4) is 0 Å². The molecule has 1 aromatic heterocycles. The van der Waals surface area contributed by atoms with Crippen molar-refractivity contribution in [2.24, 2.45) is 0 Å². The van der Waals surface area contributed by atoms with E-state index in [1.165, 1.54) is 58.8 Å². The zero-order valence-electron chi connectivity index (χ0n) is 15.6. The molecule has 0 aliphatic carbocycles. The summed E-state index contributed by atoms with van der Waals surface area (Å²) in [5, 5.41) is 5.07. The molecule has 0 spiro atoms. The number of unbranched alkanes of at least 4 members (excludes halogenated alkanes) is 1. The van der Waals surface area contributed by atoms with Gasteiger partial charge in [-0.1, -0.05) is 55.0 Å². The predicted molar refractivity (Wildman–Crippen MR) is 111 cm³/mol. The number of aromatic nitrogens is 1. The topological polar surface area (TPSA) is 27.8 Å². The van der Waals surface area contributed by atoms with Gasteiger partial charge in [0.05, 0.1) is 0 Å². The summed E-state index contributed by atoms with van der Waals surface area (Å²) < 4.78 is 0. The van der Waals surface area contributed by atoms with E-state index in [1.54, 1.807) is 0 Å². The number of aryl methyl sites for hydroxylation is 2. The van der Waals surface area contributed by atoms with Gasteiger partial charge in [0.15, 0.2) is 0 Å². The first-order chi connectivity index (χ1) is 12.8. The Labute approximate surface area is 156 Å². The lowest BCUT2D eigenvalue weighted by molar-refractivity contribution is 0.477. The van der Waals surface area contributed by atoms with Crippen LogP contribution in [0.15, 0.2) is 60.8 Å². The highest BCUT2D eigenvalue weighted by Gasteiger charge is 2.15. The minimum absolute atomic E-state index is 0.612. The second kappa shape index (κ2) is 7.92. The van der Waals surface area contributed by atoms with Crippen molar-refractivity contribution in [1.29, 1.82) is 0 Å². The molecule has 0 amide bonds. The molecule has 2 heterocycles. The Hall–Kier alpha value is -2.32. The average Bonchev–Trinajstić information content (AvgIpc) is 3.19. The van der Waals surface area contributed by atoms with Gasteiger partial charge < -0.3 is 10.3 Å². The number of hydrogen-bond donors (Lipinski definition) is 2. The van der Waals surface area contributed by atoms with Crippen molar-refractivity contribution in [3.05, 3.63) is 77.5 Å². The summed E-state index contributed by atoms with van der Waals surface area (Å²) in [6.45, 7) is 3.17. The largest absolute Gasteiger partial charge is 0.361 e. The van der Waals surface area contributed by atoms with E-state index in [9.17, 15) is 0 Å². The van der Waals surface area contributed by atoms with Crippen molar-refractivity contribution in [3.8, 4) is 0 Å². The van der Waals surface area contributed by atoms with Crippen molar-refractivity contribution in [3.63, 3.8) is 0 Å². The van der Waals surface area contributed by atoms with Crippen LogP contribution in [0.5, 0.6) is 0 Å². The molecule has 134 valence electrons. The van der Waals surface area contributed by atoms with Gasteiger partial charge in [0.1, 0.15) is 0 Å². The van der Waals surface area contributed by atoms with Gasteiger partial charge in [-0.15, -0.1) is 0 Å². The number of H-pyrrole nitrogens is 1. The van der Waals surface area contributed by atoms with Gasteiger partial charge in [-0.05, 0) is 60.9 Å². The van der Waals surface area contributed by atoms with E-state index in [-0.39, 0.29) is 0 Å². The molecular weight excluding hydrogens is 316 g/mol. The van der Waals surface area contributed by atoms with Crippen LogP contribution in [-0.4, -0.2) is 17.6 Å². The van der Waals surface area contributed by atoms with Gasteiger partial charge in [-0.3, -0.25) is 0 Å². The van der Waals surface area contributed by atoms with Crippen LogP contribution in [0, 0.1) is 6.92 Å². The van der Waals surface area contributed by atoms with Crippen LogP contribution in [0.1, 0.15) is 42.4 Å². The van der Waals surface area contributed by atoms with Crippen LogP contribution < -0.4 is 5.32 Å². The first-order valence-corrected chi connectivity index (χ1v) is 9.84. The van der Waals surface area contributed by atoms with Crippen LogP contribution in [0.4, 0.5) is 0 Å². The van der Waals surface area contributed by atoms with Gasteiger partial charge >= 0.3 is 0 Å². The summed E-state index contributed by atoms with van der Waals surface area (Å²) in [6.07, 6.45) is 10.5. The molecule has 0 saturated carbocycles. The molecule has 2 nitrogen and oxygen atoms in total. The van der Waals surface area contributed by atoms with E-state index in [2.05, 4.69) is 78.0 Å². The average molecular weight is 345 g/mol. The van der Waals surface area contributed by atoms with Crippen molar-refractivity contribution in [2.75, 3.05) is 6.54 Å². The molecule has 26 heavy (non-hydrogen) atoms. The SMILES string of the molecule is Cc1ccc(CCCCC2CC(c3ccccc3)=CCN2)c2cc[nH]c12. The quantitative estimate of drug-likeness (QED) is 0.557. The third-order valence-electron chi connectivity index (χ3n) is 5.64. The zero-order valence-corrected chi connectivity index (χ0v) is 15.6. The molecule has 1 atom stereocenters. The predicted octanol–water partition coefficient (Wildman–Crippen LogP) is 5.63. The number of fused-ring (bicyclic) bond motifs is 1. The molecule has 0 fully saturated rings. The first-order valence-electron chi connectivity index (χ1n) is 9.84. The highest BCUT2D eigenvalue weighted by Crippen LogP contribution is 2.26. The second-order valence-corrected chi connectivity index (χ2v) is 7.46. The Kier molecular flexibility index (Phi) is 5.21. The fourth-order valence-corrected chi connectivity index (χ4v) is 4.15. The number of rotatable bonds is 6. The lowest BCUT2D eigenvalue weighted by Crippen LogP contribution is -2.32. The molecule has 0 saturated heterocycles. The Morgan fingerprint density at radius 3 is 2.77 bits per heavy atom. The summed E-state index contributed by atoms with van der Waals surface area (Å²) in [7, 11) is 0. The standard InChI is InChI=1S/C24H28N2/c1-18-11-12-20(23-14-16-26-24(18)23)9-5-6-10-22-17-21(13-15-25-22)19-7-3-2-4-8-19/h2-4,7-8,11-14,16,22,25-26H,5-6,9-10,15,17H2,1H3. The minimum Gasteiger partial charge on any atom is -0.361 e. The molecule has 2 aromatic carbocycles. The Morgan fingerprint density at radius 2 is 1.88 bits per heavy atom.